The standard InChI is InChI=1S/C21H24F3N3O/c22-21(23,24)19-8-4-17(5-9-19)15-27-11-1-10-26(12-13-27)14-16-2-6-18(7-3-16)20(25)28/h2-9H,1,10-15H2,(H2,25,28). The van der Waals surface area contributed by atoms with E-state index in [0.717, 1.165) is 62.4 Å². The first-order valence-corrected chi connectivity index (χ1v) is 9.31. The molecule has 1 fully saturated rings. The van der Waals surface area contributed by atoms with Crippen LogP contribution in [0.5, 0.6) is 0 Å². The van der Waals surface area contributed by atoms with Crippen molar-refractivity contribution in [2.45, 2.75) is 25.7 Å². The molecule has 0 aromatic heterocycles. The van der Waals surface area contributed by atoms with E-state index in [-0.39, 0.29) is 0 Å². The summed E-state index contributed by atoms with van der Waals surface area (Å²) in [7, 11) is 0. The van der Waals surface area contributed by atoms with Gasteiger partial charge >= 0.3 is 6.18 Å². The number of halogens is 3. The number of carbonyl (C=O) groups excluding carboxylic acids is 1. The van der Waals surface area contributed by atoms with Crippen LogP contribution in [-0.4, -0.2) is 41.9 Å². The van der Waals surface area contributed by atoms with Crippen LogP contribution in [0.25, 0.3) is 0 Å². The van der Waals surface area contributed by atoms with E-state index >= 15 is 0 Å². The Bertz CT molecular complexity index is 788. The van der Waals surface area contributed by atoms with Crippen LogP contribution in [0, 0.1) is 0 Å². The number of alkyl halides is 3. The Morgan fingerprint density at radius 3 is 1.71 bits per heavy atom. The summed E-state index contributed by atoms with van der Waals surface area (Å²) in [6, 6.07) is 12.7. The van der Waals surface area contributed by atoms with E-state index in [9.17, 15) is 18.0 Å². The first-order chi connectivity index (χ1) is 13.3. The maximum Gasteiger partial charge on any atom is 0.416 e. The Hall–Kier alpha value is -2.38. The molecular weight excluding hydrogens is 367 g/mol. The molecule has 1 heterocycles. The van der Waals surface area contributed by atoms with Crippen molar-refractivity contribution in [3.8, 4) is 0 Å². The maximum absolute atomic E-state index is 12.7. The fraction of sp³-hybridized carbons (Fsp3) is 0.381. The minimum absolute atomic E-state index is 0.430. The Balaban J connectivity index is 1.52. The molecule has 2 aromatic carbocycles. The van der Waals surface area contributed by atoms with Crippen molar-refractivity contribution in [3.63, 3.8) is 0 Å². The van der Waals surface area contributed by atoms with E-state index in [1.165, 1.54) is 0 Å². The SMILES string of the molecule is NC(=O)c1ccc(CN2CCCN(Cc3ccc(C(F)(F)F)cc3)CC2)cc1. The molecule has 1 aliphatic heterocycles. The number of hydrogen-bond acceptors (Lipinski definition) is 3. The normalized spacial score (nSPS) is 16.7. The van der Waals surface area contributed by atoms with Gasteiger partial charge < -0.3 is 5.73 Å². The van der Waals surface area contributed by atoms with Crippen molar-refractivity contribution in [2.24, 2.45) is 5.73 Å². The highest BCUT2D eigenvalue weighted by Crippen LogP contribution is 2.29. The Labute approximate surface area is 162 Å². The van der Waals surface area contributed by atoms with Gasteiger partial charge in [0.25, 0.3) is 0 Å². The van der Waals surface area contributed by atoms with E-state index in [1.807, 2.05) is 12.1 Å². The lowest BCUT2D eigenvalue weighted by Gasteiger charge is -2.22. The van der Waals surface area contributed by atoms with Gasteiger partial charge in [-0.1, -0.05) is 24.3 Å². The molecule has 3 rings (SSSR count). The van der Waals surface area contributed by atoms with Crippen molar-refractivity contribution >= 4 is 5.91 Å². The largest absolute Gasteiger partial charge is 0.416 e. The van der Waals surface area contributed by atoms with Gasteiger partial charge in [0.05, 0.1) is 5.56 Å². The van der Waals surface area contributed by atoms with Crippen LogP contribution in [0.4, 0.5) is 13.2 Å². The average molecular weight is 391 g/mol. The lowest BCUT2D eigenvalue weighted by Crippen LogP contribution is -2.30. The van der Waals surface area contributed by atoms with E-state index < -0.39 is 17.6 Å². The predicted octanol–water partition coefficient (Wildman–Crippen LogP) is 3.51. The van der Waals surface area contributed by atoms with Crippen LogP contribution in [0.1, 0.15) is 33.5 Å². The summed E-state index contributed by atoms with van der Waals surface area (Å²) in [5.74, 6) is -0.430. The van der Waals surface area contributed by atoms with Crippen LogP contribution in [-0.2, 0) is 19.3 Å². The smallest absolute Gasteiger partial charge is 0.366 e. The average Bonchev–Trinajstić information content (AvgIpc) is 2.87. The molecule has 0 unspecified atom stereocenters. The van der Waals surface area contributed by atoms with Crippen LogP contribution in [0.15, 0.2) is 48.5 Å². The highest BCUT2D eigenvalue weighted by molar-refractivity contribution is 5.92. The van der Waals surface area contributed by atoms with E-state index in [2.05, 4.69) is 9.80 Å². The van der Waals surface area contributed by atoms with Crippen molar-refractivity contribution in [1.82, 2.24) is 9.80 Å². The third-order valence-electron chi connectivity index (χ3n) is 5.01. The van der Waals surface area contributed by atoms with Gasteiger partial charge in [-0.3, -0.25) is 14.6 Å². The second kappa shape index (κ2) is 8.75. The van der Waals surface area contributed by atoms with Gasteiger partial charge in [0, 0.05) is 31.7 Å². The topological polar surface area (TPSA) is 49.6 Å². The number of benzene rings is 2. The molecule has 2 aromatic rings. The van der Waals surface area contributed by atoms with Gasteiger partial charge in [0.2, 0.25) is 5.91 Å². The van der Waals surface area contributed by atoms with E-state index in [0.29, 0.717) is 12.1 Å². The van der Waals surface area contributed by atoms with Crippen molar-refractivity contribution < 1.29 is 18.0 Å². The first-order valence-electron chi connectivity index (χ1n) is 9.31. The van der Waals surface area contributed by atoms with Crippen LogP contribution in [0.3, 0.4) is 0 Å². The summed E-state index contributed by atoms with van der Waals surface area (Å²) in [4.78, 5) is 15.8. The molecule has 0 radical (unpaired) electrons. The fourth-order valence-electron chi connectivity index (χ4n) is 3.43. The molecule has 0 atom stereocenters. The highest BCUT2D eigenvalue weighted by atomic mass is 19.4. The molecule has 1 saturated heterocycles. The number of nitrogens with zero attached hydrogens (tertiary/aromatic N) is 2. The van der Waals surface area contributed by atoms with Gasteiger partial charge in [-0.25, -0.2) is 0 Å². The molecule has 0 aliphatic carbocycles. The summed E-state index contributed by atoms with van der Waals surface area (Å²) in [5.41, 5.74) is 7.18. The quantitative estimate of drug-likeness (QED) is 0.849. The maximum atomic E-state index is 12.7. The van der Waals surface area contributed by atoms with Crippen LogP contribution in [0.2, 0.25) is 0 Å². The summed E-state index contributed by atoms with van der Waals surface area (Å²) in [5, 5.41) is 0. The van der Waals surface area contributed by atoms with Gasteiger partial charge in [0.1, 0.15) is 0 Å². The summed E-state index contributed by atoms with van der Waals surface area (Å²) in [6.45, 7) is 5.07. The second-order valence-corrected chi connectivity index (χ2v) is 7.16. The van der Waals surface area contributed by atoms with Crippen molar-refractivity contribution in [3.05, 3.63) is 70.8 Å². The molecule has 7 heteroatoms. The van der Waals surface area contributed by atoms with Crippen LogP contribution >= 0.6 is 0 Å². The minimum Gasteiger partial charge on any atom is -0.366 e. The number of hydrogen-bond donors (Lipinski definition) is 1. The van der Waals surface area contributed by atoms with Crippen LogP contribution < -0.4 is 5.73 Å². The molecule has 1 amide bonds. The molecular formula is C21H24F3N3O. The Morgan fingerprint density at radius 1 is 0.821 bits per heavy atom. The zero-order chi connectivity index (χ0) is 20.1. The van der Waals surface area contributed by atoms with E-state index in [1.54, 1.807) is 24.3 Å². The first kappa shape index (κ1) is 20.4. The van der Waals surface area contributed by atoms with Crippen molar-refractivity contribution in [2.75, 3.05) is 26.2 Å². The molecule has 0 saturated carbocycles. The Morgan fingerprint density at radius 2 is 1.29 bits per heavy atom. The van der Waals surface area contributed by atoms with E-state index in [4.69, 9.17) is 5.73 Å². The zero-order valence-electron chi connectivity index (χ0n) is 15.6. The summed E-state index contributed by atoms with van der Waals surface area (Å²) >= 11 is 0. The second-order valence-electron chi connectivity index (χ2n) is 7.16. The van der Waals surface area contributed by atoms with Gasteiger partial charge in [-0.2, -0.15) is 13.2 Å². The molecule has 28 heavy (non-hydrogen) atoms. The highest BCUT2D eigenvalue weighted by Gasteiger charge is 2.30. The predicted molar refractivity (Wildman–Crippen MR) is 102 cm³/mol. The molecule has 4 nitrogen and oxygen atoms in total. The van der Waals surface area contributed by atoms with Gasteiger partial charge in [-0.15, -0.1) is 0 Å². The lowest BCUT2D eigenvalue weighted by atomic mass is 10.1. The number of nitrogens with two attached hydrogens (primary N) is 1. The van der Waals surface area contributed by atoms with Crippen molar-refractivity contribution in [1.29, 1.82) is 0 Å². The minimum atomic E-state index is -4.29. The summed E-state index contributed by atoms with van der Waals surface area (Å²) in [6.07, 6.45) is -3.29. The molecule has 1 aliphatic rings. The number of carbonyl (C=O) groups is 1. The molecule has 0 spiro atoms. The Kier molecular flexibility index (Phi) is 6.36. The number of primary amides is 1. The fourth-order valence-corrected chi connectivity index (χ4v) is 3.43. The molecule has 0 bridgehead atoms. The monoisotopic (exact) mass is 391 g/mol. The third kappa shape index (κ3) is 5.56. The van der Waals surface area contributed by atoms with Gasteiger partial charge in [0.15, 0.2) is 0 Å². The lowest BCUT2D eigenvalue weighted by molar-refractivity contribution is -0.137. The number of rotatable bonds is 5. The zero-order valence-corrected chi connectivity index (χ0v) is 15.6. The third-order valence-corrected chi connectivity index (χ3v) is 5.01. The van der Waals surface area contributed by atoms with Gasteiger partial charge in [-0.05, 0) is 54.9 Å². The molecule has 2 N–H and O–H groups in total. The molecule has 150 valence electrons. The summed E-state index contributed by atoms with van der Waals surface area (Å²) < 4.78 is 38.0. The number of amides is 1.